The summed E-state index contributed by atoms with van der Waals surface area (Å²) in [5.41, 5.74) is 0. The summed E-state index contributed by atoms with van der Waals surface area (Å²) in [7, 11) is -6.01. The van der Waals surface area contributed by atoms with Gasteiger partial charge in [-0.25, -0.2) is 4.21 Å². The van der Waals surface area contributed by atoms with Crippen LogP contribution in [0.4, 0.5) is 30.7 Å². The summed E-state index contributed by atoms with van der Waals surface area (Å²) in [6.07, 6.45) is -6.65. The van der Waals surface area contributed by atoms with E-state index in [9.17, 15) is 34.9 Å². The molecule has 1 atom stereocenters. The van der Waals surface area contributed by atoms with E-state index in [2.05, 4.69) is 11.2 Å². The van der Waals surface area contributed by atoms with Crippen molar-refractivity contribution >= 4 is 20.0 Å². The molecular formula is C3HF7O2S2. The highest BCUT2D eigenvalue weighted by Crippen LogP contribution is 2.48. The van der Waals surface area contributed by atoms with Crippen molar-refractivity contribution in [3.8, 4) is 0 Å². The van der Waals surface area contributed by atoms with Crippen LogP contribution in [0.2, 0.25) is 0 Å². The first-order chi connectivity index (χ1) is 5.75. The lowest BCUT2D eigenvalue weighted by atomic mass is 10.3. The number of hydrogen-bond acceptors (Lipinski definition) is 2. The number of halogens is 7. The Balaban J connectivity index is 5.54. The van der Waals surface area contributed by atoms with Crippen LogP contribution in [0.1, 0.15) is 0 Å². The van der Waals surface area contributed by atoms with Crippen molar-refractivity contribution < 1.29 is 39.5 Å². The van der Waals surface area contributed by atoms with Gasteiger partial charge in [-0.3, -0.25) is 0 Å². The Hall–Kier alpha value is -0.160. The molecular weight excluding hydrogens is 265 g/mol. The predicted octanol–water partition coefficient (Wildman–Crippen LogP) is 2.00. The fourth-order valence-electron chi connectivity index (χ4n) is 0.327. The van der Waals surface area contributed by atoms with E-state index >= 15 is 0 Å². The lowest BCUT2D eigenvalue weighted by Gasteiger charge is -2.26. The van der Waals surface area contributed by atoms with Gasteiger partial charge in [0, 0.05) is 11.2 Å². The molecule has 0 aliphatic rings. The molecule has 0 rings (SSSR count). The average Bonchev–Trinajstić information content (AvgIpc) is 1.81. The molecule has 2 nitrogen and oxygen atoms in total. The van der Waals surface area contributed by atoms with E-state index in [1.54, 1.807) is 0 Å². The molecule has 0 saturated heterocycles. The Labute approximate surface area is 77.6 Å². The second-order valence-corrected chi connectivity index (χ2v) is 4.88. The number of alkyl halides is 7. The molecule has 0 bridgehead atoms. The molecule has 1 unspecified atom stereocenters. The predicted molar refractivity (Wildman–Crippen MR) is 34.1 cm³/mol. The van der Waals surface area contributed by atoms with Crippen LogP contribution in [0.3, 0.4) is 0 Å². The molecule has 11 heteroatoms. The van der Waals surface area contributed by atoms with Crippen molar-refractivity contribution in [1.82, 2.24) is 0 Å². The fraction of sp³-hybridized carbons (Fsp3) is 1.00. The van der Waals surface area contributed by atoms with E-state index < -0.39 is 26.1 Å². The van der Waals surface area contributed by atoms with E-state index in [1.807, 2.05) is 0 Å². The summed E-state index contributed by atoms with van der Waals surface area (Å²) >= 11 is 2.99. The lowest BCUT2D eigenvalue weighted by molar-refractivity contribution is -0.332. The maximum absolute atomic E-state index is 12.1. The smallest absolute Gasteiger partial charge is 0.301 e. The summed E-state index contributed by atoms with van der Waals surface area (Å²) in [5, 5.41) is -6.24. The topological polar surface area (TPSA) is 37.3 Å². The quantitative estimate of drug-likeness (QED) is 0.777. The van der Waals surface area contributed by atoms with Crippen LogP contribution in [-0.4, -0.2) is 26.1 Å². The van der Waals surface area contributed by atoms with E-state index in [1.165, 1.54) is 0 Å². The summed E-state index contributed by atoms with van der Waals surface area (Å²) in [4.78, 5) is 0. The summed E-state index contributed by atoms with van der Waals surface area (Å²) in [6, 6.07) is 0. The highest BCUT2D eigenvalue weighted by Gasteiger charge is 2.77. The molecule has 0 saturated carbocycles. The van der Waals surface area contributed by atoms with Gasteiger partial charge in [0.1, 0.15) is 0 Å². The van der Waals surface area contributed by atoms with Gasteiger partial charge in [0.05, 0.1) is 0 Å². The minimum atomic E-state index is -6.65. The third kappa shape index (κ3) is 1.93. The molecule has 0 spiro atoms. The normalized spacial score (nSPS) is 19.1. The van der Waals surface area contributed by atoms with Crippen molar-refractivity contribution in [2.45, 2.75) is 17.4 Å². The van der Waals surface area contributed by atoms with Gasteiger partial charge in [0.15, 0.2) is 0 Å². The molecule has 0 radical (unpaired) electrons. The highest BCUT2D eigenvalue weighted by atomic mass is 32.8. The summed E-state index contributed by atoms with van der Waals surface area (Å²) < 4.78 is 99.9. The Morgan fingerprint density at radius 1 is 1.00 bits per heavy atom. The summed E-state index contributed by atoms with van der Waals surface area (Å²) in [6.45, 7) is 0. The minimum Gasteiger partial charge on any atom is -0.301 e. The standard InChI is InChI=1S/C3HF7O2S2/c4-1(5,2(6,7)8)3(9,10)14(11,12)13/h(H,11,12,13). The monoisotopic (exact) mass is 266 g/mol. The van der Waals surface area contributed by atoms with Crippen LogP contribution in [0.5, 0.6) is 0 Å². The fourth-order valence-corrected chi connectivity index (χ4v) is 1.08. The zero-order valence-corrected chi connectivity index (χ0v) is 7.45. The molecule has 0 amide bonds. The number of rotatable bonds is 2. The SMILES string of the molecule is O=S(O)(=S)C(F)(F)C(F)(F)C(F)(F)F. The molecule has 0 aliphatic carbocycles. The average molecular weight is 266 g/mol. The maximum Gasteiger partial charge on any atom is 0.461 e. The first-order valence-electron chi connectivity index (χ1n) is 2.54. The second-order valence-electron chi connectivity index (χ2n) is 2.06. The summed E-state index contributed by atoms with van der Waals surface area (Å²) in [5.74, 6) is -6.65. The molecule has 0 aromatic heterocycles. The van der Waals surface area contributed by atoms with Gasteiger partial charge in [-0.2, -0.15) is 30.7 Å². The van der Waals surface area contributed by atoms with E-state index in [-0.39, 0.29) is 0 Å². The van der Waals surface area contributed by atoms with Gasteiger partial charge < -0.3 is 4.55 Å². The minimum absolute atomic E-state index is 2.99. The number of hydrogen-bond donors (Lipinski definition) is 1. The molecule has 14 heavy (non-hydrogen) atoms. The molecule has 0 heterocycles. The van der Waals surface area contributed by atoms with Crippen LogP contribution in [0, 0.1) is 0 Å². The van der Waals surface area contributed by atoms with Gasteiger partial charge in [0.25, 0.3) is 0 Å². The largest absolute Gasteiger partial charge is 0.461 e. The second kappa shape index (κ2) is 3.17. The third-order valence-corrected chi connectivity index (χ3v) is 2.58. The van der Waals surface area contributed by atoms with Crippen molar-refractivity contribution in [2.24, 2.45) is 0 Å². The first-order valence-corrected chi connectivity index (χ1v) is 4.98. The van der Waals surface area contributed by atoms with Crippen LogP contribution in [-0.2, 0) is 20.0 Å². The van der Waals surface area contributed by atoms with Crippen molar-refractivity contribution in [1.29, 1.82) is 0 Å². The molecule has 0 aromatic rings. The van der Waals surface area contributed by atoms with Gasteiger partial charge in [-0.1, -0.05) is 0 Å². The van der Waals surface area contributed by atoms with Crippen molar-refractivity contribution in [3.05, 3.63) is 0 Å². The Morgan fingerprint density at radius 3 is 1.36 bits per heavy atom. The van der Waals surface area contributed by atoms with Gasteiger partial charge in [0.2, 0.25) is 8.77 Å². The molecule has 0 aliphatic heterocycles. The first kappa shape index (κ1) is 13.8. The van der Waals surface area contributed by atoms with Crippen molar-refractivity contribution in [3.63, 3.8) is 0 Å². The van der Waals surface area contributed by atoms with E-state index in [0.717, 1.165) is 0 Å². The zero-order valence-electron chi connectivity index (χ0n) is 5.82. The Kier molecular flexibility index (Phi) is 3.13. The van der Waals surface area contributed by atoms with Crippen LogP contribution < -0.4 is 0 Å². The molecule has 1 N–H and O–H groups in total. The van der Waals surface area contributed by atoms with Crippen LogP contribution in [0.15, 0.2) is 0 Å². The van der Waals surface area contributed by atoms with Gasteiger partial charge >= 0.3 is 17.4 Å². The van der Waals surface area contributed by atoms with Crippen molar-refractivity contribution in [2.75, 3.05) is 0 Å². The zero-order chi connectivity index (χ0) is 12.0. The molecule has 86 valence electrons. The van der Waals surface area contributed by atoms with E-state index in [4.69, 9.17) is 4.55 Å². The van der Waals surface area contributed by atoms with Gasteiger partial charge in [-0.05, 0) is 0 Å². The van der Waals surface area contributed by atoms with Crippen LogP contribution in [0.25, 0.3) is 0 Å². The Morgan fingerprint density at radius 2 is 1.29 bits per heavy atom. The van der Waals surface area contributed by atoms with Gasteiger partial charge in [-0.15, -0.1) is 0 Å². The Bertz CT molecular complexity index is 314. The van der Waals surface area contributed by atoms with Crippen LogP contribution >= 0.6 is 0 Å². The highest BCUT2D eigenvalue weighted by molar-refractivity contribution is 8.30. The van der Waals surface area contributed by atoms with E-state index in [0.29, 0.717) is 0 Å². The molecule has 0 fully saturated rings. The third-order valence-electron chi connectivity index (χ3n) is 1.05. The lowest BCUT2D eigenvalue weighted by Crippen LogP contribution is -2.55. The maximum atomic E-state index is 12.1. The molecule has 0 aromatic carbocycles.